The molecule has 0 radical (unpaired) electrons. The number of carbonyl (C=O) groups is 1. The number of rotatable bonds is 3. The monoisotopic (exact) mass is 412 g/mol. The van der Waals surface area contributed by atoms with E-state index < -0.39 is 10.0 Å². The molecule has 0 atom stereocenters. The van der Waals surface area contributed by atoms with Crippen LogP contribution in [0.3, 0.4) is 0 Å². The lowest BCUT2D eigenvalue weighted by Gasteiger charge is -2.34. The van der Waals surface area contributed by atoms with Gasteiger partial charge in [-0.2, -0.15) is 4.31 Å². The second-order valence-corrected chi connectivity index (χ2v) is 9.39. The molecule has 0 aliphatic carbocycles. The van der Waals surface area contributed by atoms with Crippen molar-refractivity contribution in [2.45, 2.75) is 25.7 Å². The zero-order chi connectivity index (χ0) is 20.8. The Morgan fingerprint density at radius 3 is 2.41 bits per heavy atom. The first-order chi connectivity index (χ1) is 13.8. The molecule has 2 aromatic heterocycles. The maximum atomic E-state index is 13.1. The summed E-state index contributed by atoms with van der Waals surface area (Å²) in [7, 11) is -3.58. The number of nitrogens with zero attached hydrogens (tertiary/aromatic N) is 4. The third-order valence-corrected chi connectivity index (χ3v) is 7.44. The van der Waals surface area contributed by atoms with E-state index in [0.29, 0.717) is 23.7 Å². The summed E-state index contributed by atoms with van der Waals surface area (Å²) in [5.74, 6) is -0.170. The van der Waals surface area contributed by atoms with Gasteiger partial charge in [-0.3, -0.25) is 4.79 Å². The minimum atomic E-state index is -3.58. The Kier molecular flexibility index (Phi) is 4.92. The van der Waals surface area contributed by atoms with Gasteiger partial charge in [-0.15, -0.1) is 0 Å². The van der Waals surface area contributed by atoms with E-state index in [4.69, 9.17) is 0 Å². The molecule has 7 nitrogen and oxygen atoms in total. The Morgan fingerprint density at radius 2 is 1.72 bits per heavy atom. The molecule has 3 heterocycles. The van der Waals surface area contributed by atoms with Crippen LogP contribution in [-0.2, 0) is 10.0 Å². The van der Waals surface area contributed by atoms with Gasteiger partial charge in [0, 0.05) is 38.1 Å². The van der Waals surface area contributed by atoms with Crippen LogP contribution in [0.5, 0.6) is 0 Å². The zero-order valence-corrected chi connectivity index (χ0v) is 17.6. The smallest absolute Gasteiger partial charge is 0.274 e. The first kappa shape index (κ1) is 19.6. The number of carbonyl (C=O) groups excluding carboxylic acids is 1. The lowest BCUT2D eigenvalue weighted by atomic mass is 10.2. The van der Waals surface area contributed by atoms with E-state index in [1.165, 1.54) is 4.31 Å². The SMILES string of the molecule is Cc1ccc(C)c(S(=O)(=O)N2CCN(C(=O)c3cn4c(C)cccc4n3)CC2)c1. The number of fused-ring (bicyclic) bond motifs is 1. The average Bonchev–Trinajstić information content (AvgIpc) is 3.15. The highest BCUT2D eigenvalue weighted by atomic mass is 32.2. The van der Waals surface area contributed by atoms with Crippen molar-refractivity contribution in [3.63, 3.8) is 0 Å². The van der Waals surface area contributed by atoms with Gasteiger partial charge < -0.3 is 9.30 Å². The summed E-state index contributed by atoms with van der Waals surface area (Å²) in [6.07, 6.45) is 1.74. The minimum Gasteiger partial charge on any atom is -0.335 e. The summed E-state index contributed by atoms with van der Waals surface area (Å²) in [6.45, 7) is 6.87. The van der Waals surface area contributed by atoms with Crippen LogP contribution in [0.1, 0.15) is 27.3 Å². The number of aryl methyl sites for hydroxylation is 3. The second kappa shape index (κ2) is 7.27. The van der Waals surface area contributed by atoms with Crippen molar-refractivity contribution in [1.29, 1.82) is 0 Å². The Balaban J connectivity index is 1.50. The maximum Gasteiger partial charge on any atom is 0.274 e. The van der Waals surface area contributed by atoms with Gasteiger partial charge in [0.1, 0.15) is 11.3 Å². The molecule has 0 N–H and O–H groups in total. The summed E-state index contributed by atoms with van der Waals surface area (Å²) in [5, 5.41) is 0. The van der Waals surface area contributed by atoms with Crippen LogP contribution < -0.4 is 0 Å². The molecule has 1 aromatic carbocycles. The number of pyridine rings is 1. The van der Waals surface area contributed by atoms with E-state index in [1.807, 2.05) is 48.6 Å². The number of sulfonamides is 1. The third kappa shape index (κ3) is 3.54. The molecule has 3 aromatic rings. The molecule has 8 heteroatoms. The molecule has 1 saturated heterocycles. The Labute approximate surface area is 170 Å². The van der Waals surface area contributed by atoms with E-state index in [2.05, 4.69) is 4.98 Å². The molecule has 0 saturated carbocycles. The Hall–Kier alpha value is -2.71. The molecule has 0 unspecified atom stereocenters. The van der Waals surface area contributed by atoms with E-state index in [-0.39, 0.29) is 19.0 Å². The molecule has 1 aliphatic heterocycles. The quantitative estimate of drug-likeness (QED) is 0.662. The van der Waals surface area contributed by atoms with E-state index >= 15 is 0 Å². The van der Waals surface area contributed by atoms with Gasteiger partial charge in [0.2, 0.25) is 10.0 Å². The number of hydrogen-bond acceptors (Lipinski definition) is 4. The van der Waals surface area contributed by atoms with Crippen LogP contribution in [0, 0.1) is 20.8 Å². The van der Waals surface area contributed by atoms with Crippen molar-refractivity contribution in [2.24, 2.45) is 0 Å². The molecule has 0 bridgehead atoms. The summed E-state index contributed by atoms with van der Waals surface area (Å²) >= 11 is 0. The van der Waals surface area contributed by atoms with Gasteiger partial charge in [-0.25, -0.2) is 13.4 Å². The molecule has 152 valence electrons. The summed E-state index contributed by atoms with van der Waals surface area (Å²) in [5.41, 5.74) is 3.74. The highest BCUT2D eigenvalue weighted by molar-refractivity contribution is 7.89. The normalized spacial score (nSPS) is 15.8. The van der Waals surface area contributed by atoms with Crippen LogP contribution in [0.25, 0.3) is 5.65 Å². The average molecular weight is 413 g/mol. The third-order valence-electron chi connectivity index (χ3n) is 5.40. The fourth-order valence-corrected chi connectivity index (χ4v) is 5.40. The molecule has 0 spiro atoms. The lowest BCUT2D eigenvalue weighted by Crippen LogP contribution is -2.50. The topological polar surface area (TPSA) is 75.0 Å². The molecular formula is C21H24N4O3S. The summed E-state index contributed by atoms with van der Waals surface area (Å²) in [6, 6.07) is 11.2. The lowest BCUT2D eigenvalue weighted by molar-refractivity contribution is 0.0692. The van der Waals surface area contributed by atoms with Gasteiger partial charge >= 0.3 is 0 Å². The van der Waals surface area contributed by atoms with Crippen LogP contribution in [-0.4, -0.2) is 59.1 Å². The predicted octanol–water partition coefficient (Wildman–Crippen LogP) is 2.41. The van der Waals surface area contributed by atoms with Crippen molar-refractivity contribution in [1.82, 2.24) is 18.6 Å². The van der Waals surface area contributed by atoms with Crippen molar-refractivity contribution in [3.05, 3.63) is 65.1 Å². The number of aromatic nitrogens is 2. The van der Waals surface area contributed by atoms with E-state index in [9.17, 15) is 13.2 Å². The van der Waals surface area contributed by atoms with Gasteiger partial charge in [0.15, 0.2) is 0 Å². The van der Waals surface area contributed by atoms with Gasteiger partial charge in [0.05, 0.1) is 4.90 Å². The fourth-order valence-electron chi connectivity index (χ4n) is 3.67. The minimum absolute atomic E-state index is 0.170. The summed E-state index contributed by atoms with van der Waals surface area (Å²) < 4.78 is 29.5. The van der Waals surface area contributed by atoms with Crippen LogP contribution in [0.2, 0.25) is 0 Å². The molecule has 4 rings (SSSR count). The van der Waals surface area contributed by atoms with Gasteiger partial charge in [-0.05, 0) is 50.1 Å². The van der Waals surface area contributed by atoms with Gasteiger partial charge in [-0.1, -0.05) is 18.2 Å². The standard InChI is InChI=1S/C21H24N4O3S/c1-15-7-8-16(2)19(13-15)29(27,28)24-11-9-23(10-12-24)21(26)18-14-25-17(3)5-4-6-20(25)22-18/h4-8,13-14H,9-12H2,1-3H3. The summed E-state index contributed by atoms with van der Waals surface area (Å²) in [4.78, 5) is 19.3. The predicted molar refractivity (Wildman–Crippen MR) is 111 cm³/mol. The molecule has 1 amide bonds. The number of piperazine rings is 1. The first-order valence-corrected chi connectivity index (χ1v) is 11.0. The number of hydrogen-bond donors (Lipinski definition) is 0. The van der Waals surface area contributed by atoms with E-state index in [1.54, 1.807) is 24.1 Å². The fraction of sp³-hybridized carbons (Fsp3) is 0.333. The highest BCUT2D eigenvalue weighted by Gasteiger charge is 2.32. The zero-order valence-electron chi connectivity index (χ0n) is 16.8. The molecule has 1 fully saturated rings. The van der Waals surface area contributed by atoms with Crippen molar-refractivity contribution in [2.75, 3.05) is 26.2 Å². The van der Waals surface area contributed by atoms with E-state index in [0.717, 1.165) is 22.5 Å². The number of imidazole rings is 1. The van der Waals surface area contributed by atoms with Crippen LogP contribution in [0.4, 0.5) is 0 Å². The first-order valence-electron chi connectivity index (χ1n) is 9.59. The Bertz CT molecular complexity index is 1190. The second-order valence-electron chi connectivity index (χ2n) is 7.49. The van der Waals surface area contributed by atoms with Crippen LogP contribution in [0.15, 0.2) is 47.5 Å². The molecule has 1 aliphatic rings. The van der Waals surface area contributed by atoms with Gasteiger partial charge in [0.25, 0.3) is 5.91 Å². The van der Waals surface area contributed by atoms with Crippen molar-refractivity contribution >= 4 is 21.6 Å². The van der Waals surface area contributed by atoms with Crippen LogP contribution >= 0.6 is 0 Å². The Morgan fingerprint density at radius 1 is 1.00 bits per heavy atom. The largest absolute Gasteiger partial charge is 0.335 e. The van der Waals surface area contributed by atoms with Crippen molar-refractivity contribution in [3.8, 4) is 0 Å². The molecular weight excluding hydrogens is 388 g/mol. The maximum absolute atomic E-state index is 13.1. The van der Waals surface area contributed by atoms with Crippen molar-refractivity contribution < 1.29 is 13.2 Å². The molecule has 29 heavy (non-hydrogen) atoms. The number of benzene rings is 1. The highest BCUT2D eigenvalue weighted by Crippen LogP contribution is 2.23. The number of amides is 1.